The van der Waals surface area contributed by atoms with Gasteiger partial charge in [-0.3, -0.25) is 0 Å². The molecule has 1 aliphatic heterocycles. The summed E-state index contributed by atoms with van der Waals surface area (Å²) in [5.41, 5.74) is -0.136. The third-order valence-electron chi connectivity index (χ3n) is 16.9. The van der Waals surface area contributed by atoms with Gasteiger partial charge in [0.05, 0.1) is 49.7 Å². The lowest BCUT2D eigenvalue weighted by atomic mass is 9.63. The van der Waals surface area contributed by atoms with Gasteiger partial charge in [0.2, 0.25) is 0 Å². The maximum atomic E-state index is 14.9. The molecule has 0 amide bonds. The first-order valence-electron chi connectivity index (χ1n) is 25.6. The first-order chi connectivity index (χ1) is 32.9. The van der Waals surface area contributed by atoms with Crippen molar-refractivity contribution in [2.75, 3.05) is 34.1 Å². The Hall–Kier alpha value is -3.24. The predicted molar refractivity (Wildman–Crippen MR) is 264 cm³/mol. The van der Waals surface area contributed by atoms with Crippen molar-refractivity contribution in [2.24, 2.45) is 40.4 Å². The van der Waals surface area contributed by atoms with Crippen molar-refractivity contribution >= 4 is 20.5 Å². The average molecular weight is 973 g/mol. The van der Waals surface area contributed by atoms with Crippen molar-refractivity contribution in [1.82, 2.24) is 0 Å². The Bertz CT molecular complexity index is 2110. The molecule has 5 aliphatic carbocycles. The third-order valence-corrected chi connectivity index (χ3v) is 18.6. The molecule has 69 heavy (non-hydrogen) atoms. The van der Waals surface area contributed by atoms with Gasteiger partial charge in [-0.2, -0.15) is 0 Å². The molecule has 12 nitrogen and oxygen atoms in total. The summed E-state index contributed by atoms with van der Waals surface area (Å²) in [6.45, 7) is 22.9. The summed E-state index contributed by atoms with van der Waals surface area (Å²) < 4.78 is 66.6. The van der Waals surface area contributed by atoms with Crippen LogP contribution in [-0.4, -0.2) is 96.0 Å². The van der Waals surface area contributed by atoms with E-state index in [1.807, 2.05) is 74.5 Å². The average Bonchev–Trinajstić information content (AvgIpc) is 4.13. The van der Waals surface area contributed by atoms with Gasteiger partial charge in [-0.1, -0.05) is 98.5 Å². The van der Waals surface area contributed by atoms with Crippen LogP contribution in [0.2, 0.25) is 25.7 Å². The lowest BCUT2D eigenvalue weighted by Gasteiger charge is -2.55. The van der Waals surface area contributed by atoms with Crippen LogP contribution in [0.25, 0.3) is 0 Å². The molecule has 2 bridgehead atoms. The second-order valence-electron chi connectivity index (χ2n) is 23.0. The number of rotatable bonds is 22. The van der Waals surface area contributed by atoms with Gasteiger partial charge in [0, 0.05) is 37.8 Å². The SMILES string of the molecule is C=C(C)[C@@H]1CC[C@H]([C@@H]2CCC=C2[C@@H](OC(=O)OC)[C@@]2(OCOCc3ccccc3)[C@H]3CC[C@]2(C=O)[C@H](OCOCC[Si](C)(C)C)[C@@]32CC[C@H]3[C@@H]2OC(C)(C)OC3(C)C)[C@@H]1OCOCc1ccccc1. The minimum Gasteiger partial charge on any atom is -0.438 e. The van der Waals surface area contributed by atoms with Crippen LogP contribution in [0.1, 0.15) is 97.1 Å². The highest BCUT2D eigenvalue weighted by atomic mass is 28.3. The predicted octanol–water partition coefficient (Wildman–Crippen LogP) is 11.2. The van der Waals surface area contributed by atoms with Crippen LogP contribution in [0.4, 0.5) is 4.79 Å². The summed E-state index contributed by atoms with van der Waals surface area (Å²) in [5, 5.41) is 0. The highest BCUT2D eigenvalue weighted by Gasteiger charge is 2.86. The third kappa shape index (κ3) is 10.1. The van der Waals surface area contributed by atoms with Gasteiger partial charge >= 0.3 is 6.16 Å². The number of carbonyl (C=O) groups is 2. The Labute approximate surface area is 412 Å². The van der Waals surface area contributed by atoms with Crippen molar-refractivity contribution < 1.29 is 57.0 Å². The van der Waals surface area contributed by atoms with Crippen molar-refractivity contribution in [3.8, 4) is 0 Å². The molecule has 2 aromatic rings. The lowest BCUT2D eigenvalue weighted by Crippen LogP contribution is -2.62. The molecule has 1 saturated heterocycles. The molecule has 1 heterocycles. The van der Waals surface area contributed by atoms with Gasteiger partial charge in [-0.25, -0.2) is 4.79 Å². The Morgan fingerprint density at radius 2 is 1.52 bits per heavy atom. The molecule has 13 heteroatoms. The number of hydrogen-bond donors (Lipinski definition) is 0. The standard InChI is InChI=1S/C56H80O12Si/c1-38(2)41-24-25-43(47(41)63-36-61-32-39-18-13-11-14-19-39)42-22-17-23-44(42)48(66-51(58)59-7)56(65-37-62-33-40-20-15-12-16-21-40)46-27-28-54(56,34-57)50(64-35-60-30-31-69(8,9)10)55(46)29-26-45-49(55)67-53(5,6)68-52(45,3)4/h11-16,18-21,23,34,41-43,45-50H,1,17,22,24-33,35-37H2,2-10H3/t41-,42-,43+,45-,46-,47+,48+,49-,50-,54-,55-,56-/m0/s1. The van der Waals surface area contributed by atoms with Crippen LogP contribution in [0.3, 0.4) is 0 Å². The first kappa shape index (κ1) is 52.1. The maximum absolute atomic E-state index is 14.9. The summed E-state index contributed by atoms with van der Waals surface area (Å²) in [6, 6.07) is 21.0. The zero-order valence-electron chi connectivity index (χ0n) is 42.8. The number of hydrogen-bond acceptors (Lipinski definition) is 12. The van der Waals surface area contributed by atoms with Crippen LogP contribution in [0.5, 0.6) is 0 Å². The minimum atomic E-state index is -1.48. The summed E-state index contributed by atoms with van der Waals surface area (Å²) in [7, 11) is -0.0974. The summed E-state index contributed by atoms with van der Waals surface area (Å²) in [5.74, 6) is -1.33. The number of methoxy groups -OCH3 is 1. The van der Waals surface area contributed by atoms with Crippen molar-refractivity contribution in [3.63, 3.8) is 0 Å². The number of ether oxygens (including phenoxy) is 10. The van der Waals surface area contributed by atoms with E-state index < -0.39 is 66.3 Å². The number of fused-ring (bicyclic) bond motifs is 5. The second-order valence-corrected chi connectivity index (χ2v) is 28.7. The number of aldehydes is 1. The molecule has 4 saturated carbocycles. The Morgan fingerprint density at radius 1 is 0.855 bits per heavy atom. The van der Waals surface area contributed by atoms with Gasteiger partial charge in [0.15, 0.2) is 11.9 Å². The van der Waals surface area contributed by atoms with Crippen LogP contribution < -0.4 is 0 Å². The summed E-state index contributed by atoms with van der Waals surface area (Å²) in [6.07, 6.45) is 5.85. The topological polar surface area (TPSA) is 126 Å². The molecule has 0 N–H and O–H groups in total. The van der Waals surface area contributed by atoms with Crippen LogP contribution in [-0.2, 0) is 65.4 Å². The van der Waals surface area contributed by atoms with Gasteiger partial charge in [0.1, 0.15) is 32.3 Å². The highest BCUT2D eigenvalue weighted by molar-refractivity contribution is 6.76. The minimum absolute atomic E-state index is 0.00988. The first-order valence-corrected chi connectivity index (χ1v) is 29.3. The van der Waals surface area contributed by atoms with E-state index in [2.05, 4.69) is 53.1 Å². The van der Waals surface area contributed by atoms with E-state index in [9.17, 15) is 9.59 Å². The van der Waals surface area contributed by atoms with E-state index in [-0.39, 0.29) is 56.8 Å². The van der Waals surface area contributed by atoms with E-state index >= 15 is 0 Å². The van der Waals surface area contributed by atoms with Gasteiger partial charge < -0.3 is 52.2 Å². The van der Waals surface area contributed by atoms with E-state index in [1.165, 1.54) is 7.11 Å². The zero-order chi connectivity index (χ0) is 49.2. The quantitative estimate of drug-likeness (QED) is 0.0278. The maximum Gasteiger partial charge on any atom is 0.508 e. The molecule has 0 radical (unpaired) electrons. The van der Waals surface area contributed by atoms with Gasteiger partial charge in [-0.05, 0) is 121 Å². The summed E-state index contributed by atoms with van der Waals surface area (Å²) in [4.78, 5) is 29.0. The molecular weight excluding hydrogens is 893 g/mol. The molecule has 380 valence electrons. The smallest absolute Gasteiger partial charge is 0.438 e. The number of carbonyl (C=O) groups excluding carboxylic acids is 2. The Morgan fingerprint density at radius 3 is 2.16 bits per heavy atom. The van der Waals surface area contributed by atoms with Crippen LogP contribution in [0.15, 0.2) is 84.5 Å². The van der Waals surface area contributed by atoms with Crippen molar-refractivity contribution in [2.45, 2.75) is 166 Å². The lowest BCUT2D eigenvalue weighted by molar-refractivity contribution is -0.365. The molecule has 12 atom stereocenters. The molecular formula is C56H80O12Si. The van der Waals surface area contributed by atoms with E-state index in [0.29, 0.717) is 32.5 Å². The zero-order valence-corrected chi connectivity index (χ0v) is 43.8. The van der Waals surface area contributed by atoms with Crippen LogP contribution in [0, 0.1) is 40.4 Å². The normalized spacial score (nSPS) is 34.7. The Kier molecular flexibility index (Phi) is 15.9. The number of allylic oxidation sites excluding steroid dienone is 1. The van der Waals surface area contributed by atoms with E-state index in [0.717, 1.165) is 66.7 Å². The highest BCUT2D eigenvalue weighted by Crippen LogP contribution is 2.77. The van der Waals surface area contributed by atoms with Crippen molar-refractivity contribution in [3.05, 3.63) is 95.6 Å². The second kappa shape index (κ2) is 21.1. The fraction of sp³-hybridized carbons (Fsp3) is 0.679. The molecule has 0 aromatic heterocycles. The van der Waals surface area contributed by atoms with Crippen LogP contribution >= 0.6 is 0 Å². The molecule has 6 aliphatic rings. The molecule has 1 spiro atoms. The fourth-order valence-corrected chi connectivity index (χ4v) is 15.0. The van der Waals surface area contributed by atoms with Crippen molar-refractivity contribution in [1.29, 1.82) is 0 Å². The van der Waals surface area contributed by atoms with Gasteiger partial charge in [0.25, 0.3) is 0 Å². The number of benzene rings is 2. The summed E-state index contributed by atoms with van der Waals surface area (Å²) >= 11 is 0. The van der Waals surface area contributed by atoms with E-state index in [4.69, 9.17) is 47.4 Å². The molecule has 8 rings (SSSR count). The molecule has 0 unspecified atom stereocenters. The monoisotopic (exact) mass is 973 g/mol. The molecule has 2 aromatic carbocycles. The largest absolute Gasteiger partial charge is 0.508 e. The van der Waals surface area contributed by atoms with Gasteiger partial charge in [-0.15, -0.1) is 0 Å². The Balaban J connectivity index is 1.22. The van der Waals surface area contributed by atoms with E-state index in [1.54, 1.807) is 0 Å². The molecule has 5 fully saturated rings. The fourth-order valence-electron chi connectivity index (χ4n) is 14.2.